The lowest BCUT2D eigenvalue weighted by Crippen LogP contribution is -2.29. The molecule has 29 heavy (non-hydrogen) atoms. The Bertz CT molecular complexity index is 1090. The molecule has 8 heteroatoms. The largest absolute Gasteiger partial charge is 0.507 e. The molecule has 0 bridgehead atoms. The first kappa shape index (κ1) is 19.4. The molecule has 1 aliphatic heterocycles. The molecule has 6 nitrogen and oxygen atoms in total. The zero-order valence-electron chi connectivity index (χ0n) is 16.0. The molecule has 0 aliphatic carbocycles. The van der Waals surface area contributed by atoms with Gasteiger partial charge in [0.05, 0.1) is 18.4 Å². The van der Waals surface area contributed by atoms with Crippen LogP contribution in [0.1, 0.15) is 27.1 Å². The smallest absolute Gasteiger partial charge is 0.301 e. The van der Waals surface area contributed by atoms with Crippen LogP contribution in [0.3, 0.4) is 0 Å². The summed E-state index contributed by atoms with van der Waals surface area (Å²) in [4.78, 5) is 33.6. The third-order valence-corrected chi connectivity index (χ3v) is 6.84. The van der Waals surface area contributed by atoms with Crippen molar-refractivity contribution in [3.05, 3.63) is 68.4 Å². The number of aliphatic hydroxyl groups excluding tert-OH is 1. The highest BCUT2D eigenvalue weighted by molar-refractivity contribution is 7.16. The van der Waals surface area contributed by atoms with Gasteiger partial charge in [0.2, 0.25) is 0 Å². The number of methoxy groups -OCH3 is 1. The number of Topliss-reactive ketones (excluding diaryl/α,β-unsaturated/α-hetero) is 1. The molecule has 2 aromatic heterocycles. The number of anilines is 1. The molecule has 3 aromatic rings. The molecule has 1 aliphatic rings. The average Bonchev–Trinajstić information content (AvgIpc) is 3.42. The van der Waals surface area contributed by atoms with Gasteiger partial charge in [0.15, 0.2) is 5.13 Å². The maximum Gasteiger partial charge on any atom is 0.301 e. The minimum atomic E-state index is -0.720. The highest BCUT2D eigenvalue weighted by Gasteiger charge is 2.48. The maximum absolute atomic E-state index is 13.0. The molecule has 0 unspecified atom stereocenters. The highest BCUT2D eigenvalue weighted by atomic mass is 32.1. The van der Waals surface area contributed by atoms with Crippen molar-refractivity contribution >= 4 is 45.3 Å². The van der Waals surface area contributed by atoms with E-state index in [4.69, 9.17) is 4.74 Å². The highest BCUT2D eigenvalue weighted by Crippen LogP contribution is 2.44. The van der Waals surface area contributed by atoms with Crippen molar-refractivity contribution < 1.29 is 19.4 Å². The van der Waals surface area contributed by atoms with Crippen molar-refractivity contribution in [3.8, 4) is 5.75 Å². The van der Waals surface area contributed by atoms with E-state index in [9.17, 15) is 14.7 Å². The summed E-state index contributed by atoms with van der Waals surface area (Å²) < 4.78 is 5.15. The van der Waals surface area contributed by atoms with Crippen molar-refractivity contribution in [2.45, 2.75) is 19.9 Å². The van der Waals surface area contributed by atoms with Gasteiger partial charge in [-0.05, 0) is 49.6 Å². The molecule has 0 spiro atoms. The fraction of sp³-hybridized carbons (Fsp3) is 0.190. The minimum Gasteiger partial charge on any atom is -0.507 e. The maximum atomic E-state index is 13.0. The second-order valence-electron chi connectivity index (χ2n) is 6.55. The summed E-state index contributed by atoms with van der Waals surface area (Å²) in [6, 6.07) is 9.68. The van der Waals surface area contributed by atoms with Crippen LogP contribution in [0.25, 0.3) is 5.76 Å². The summed E-state index contributed by atoms with van der Waals surface area (Å²) in [7, 11) is 1.55. The standard InChI is InChI=1S/C21H18N2O4S2/c1-11-12(2)29-21(22-11)23-17(15-5-4-10-28-15)16(19(25)20(23)26)18(24)13-6-8-14(27-3)9-7-13/h4-10,17,24H,1-3H3/b18-16+/t17-/m0/s1. The number of thiazole rings is 1. The van der Waals surface area contributed by atoms with Gasteiger partial charge in [-0.15, -0.1) is 22.7 Å². The first-order valence-corrected chi connectivity index (χ1v) is 10.5. The quantitative estimate of drug-likeness (QED) is 0.379. The van der Waals surface area contributed by atoms with Crippen LogP contribution < -0.4 is 9.64 Å². The van der Waals surface area contributed by atoms with Crippen LogP contribution in [0, 0.1) is 13.8 Å². The summed E-state index contributed by atoms with van der Waals surface area (Å²) in [6.45, 7) is 3.79. The third-order valence-electron chi connectivity index (χ3n) is 4.84. The molecule has 1 fully saturated rings. The summed E-state index contributed by atoms with van der Waals surface area (Å²) in [6.07, 6.45) is 0. The van der Waals surface area contributed by atoms with E-state index in [1.165, 1.54) is 27.6 Å². The Morgan fingerprint density at radius 2 is 1.90 bits per heavy atom. The first-order valence-electron chi connectivity index (χ1n) is 8.85. The number of rotatable bonds is 4. The molecule has 4 rings (SSSR count). The summed E-state index contributed by atoms with van der Waals surface area (Å²) in [5.74, 6) is -0.989. The van der Waals surface area contributed by atoms with Gasteiger partial charge in [0.1, 0.15) is 17.6 Å². The van der Waals surface area contributed by atoms with Crippen molar-refractivity contribution in [2.75, 3.05) is 12.0 Å². The number of carbonyl (C=O) groups excluding carboxylic acids is 2. The third kappa shape index (κ3) is 3.24. The van der Waals surface area contributed by atoms with Gasteiger partial charge in [-0.1, -0.05) is 6.07 Å². The van der Waals surface area contributed by atoms with Crippen molar-refractivity contribution in [2.24, 2.45) is 0 Å². The molecule has 1 atom stereocenters. The number of aliphatic hydroxyl groups is 1. The first-order chi connectivity index (χ1) is 13.9. The number of ether oxygens (including phenoxy) is 1. The molecule has 1 N–H and O–H groups in total. The normalized spacial score (nSPS) is 18.4. The molecule has 0 saturated carbocycles. The molecule has 3 heterocycles. The van der Waals surface area contributed by atoms with Gasteiger partial charge in [0, 0.05) is 15.3 Å². The van der Waals surface area contributed by atoms with Gasteiger partial charge in [0.25, 0.3) is 5.78 Å². The monoisotopic (exact) mass is 426 g/mol. The zero-order chi connectivity index (χ0) is 20.7. The number of aromatic nitrogens is 1. The fourth-order valence-corrected chi connectivity index (χ4v) is 4.97. The SMILES string of the molecule is COc1ccc(/C(O)=C2\C(=O)C(=O)N(c3nc(C)c(C)s3)[C@H]2c2cccs2)cc1. The van der Waals surface area contributed by atoms with E-state index in [1.807, 2.05) is 31.4 Å². The number of amides is 1. The van der Waals surface area contributed by atoms with Crippen molar-refractivity contribution in [3.63, 3.8) is 0 Å². The number of nitrogens with zero attached hydrogens (tertiary/aromatic N) is 2. The zero-order valence-corrected chi connectivity index (χ0v) is 17.6. The predicted octanol–water partition coefficient (Wildman–Crippen LogP) is 4.46. The minimum absolute atomic E-state index is 0.0631. The lowest BCUT2D eigenvalue weighted by Gasteiger charge is -2.21. The van der Waals surface area contributed by atoms with Crippen molar-refractivity contribution in [1.29, 1.82) is 0 Å². The molecular formula is C21H18N2O4S2. The van der Waals surface area contributed by atoms with E-state index < -0.39 is 17.7 Å². The van der Waals surface area contributed by atoms with E-state index in [2.05, 4.69) is 4.98 Å². The molecule has 1 amide bonds. The number of carbonyl (C=O) groups is 2. The molecular weight excluding hydrogens is 408 g/mol. The van der Waals surface area contributed by atoms with Crippen LogP contribution in [0.2, 0.25) is 0 Å². The summed E-state index contributed by atoms with van der Waals surface area (Å²) in [5.41, 5.74) is 1.32. The predicted molar refractivity (Wildman–Crippen MR) is 114 cm³/mol. The Kier molecular flexibility index (Phi) is 4.97. The average molecular weight is 427 g/mol. The summed E-state index contributed by atoms with van der Waals surface area (Å²) in [5, 5.41) is 13.3. The van der Waals surface area contributed by atoms with Crippen LogP contribution in [0.5, 0.6) is 5.75 Å². The van der Waals surface area contributed by atoms with Crippen LogP contribution in [0.15, 0.2) is 47.4 Å². The van der Waals surface area contributed by atoms with Crippen LogP contribution >= 0.6 is 22.7 Å². The molecule has 1 saturated heterocycles. The van der Waals surface area contributed by atoms with E-state index in [-0.39, 0.29) is 11.3 Å². The molecule has 0 radical (unpaired) electrons. The Balaban J connectivity index is 1.89. The lowest BCUT2D eigenvalue weighted by atomic mass is 10.00. The van der Waals surface area contributed by atoms with Gasteiger partial charge in [-0.25, -0.2) is 4.98 Å². The van der Waals surface area contributed by atoms with Crippen LogP contribution in [-0.4, -0.2) is 28.9 Å². The lowest BCUT2D eigenvalue weighted by molar-refractivity contribution is -0.132. The van der Waals surface area contributed by atoms with Gasteiger partial charge < -0.3 is 9.84 Å². The number of ketones is 1. The molecule has 1 aromatic carbocycles. The number of aryl methyl sites for hydroxylation is 2. The Morgan fingerprint density at radius 1 is 1.17 bits per heavy atom. The van der Waals surface area contributed by atoms with E-state index in [0.29, 0.717) is 16.4 Å². The van der Waals surface area contributed by atoms with E-state index in [0.717, 1.165) is 15.4 Å². The Labute approximate surface area is 175 Å². The van der Waals surface area contributed by atoms with Gasteiger partial charge in [-0.2, -0.15) is 0 Å². The second-order valence-corrected chi connectivity index (χ2v) is 8.71. The van der Waals surface area contributed by atoms with E-state index in [1.54, 1.807) is 31.4 Å². The molecule has 148 valence electrons. The topological polar surface area (TPSA) is 79.7 Å². The van der Waals surface area contributed by atoms with E-state index >= 15 is 0 Å². The number of hydrogen-bond donors (Lipinski definition) is 1. The van der Waals surface area contributed by atoms with Gasteiger partial charge in [-0.3, -0.25) is 14.5 Å². The number of benzene rings is 1. The Morgan fingerprint density at radius 3 is 2.45 bits per heavy atom. The second kappa shape index (κ2) is 7.46. The Hall–Kier alpha value is -2.97. The van der Waals surface area contributed by atoms with Gasteiger partial charge >= 0.3 is 5.91 Å². The number of thiophene rings is 1. The van der Waals surface area contributed by atoms with Crippen LogP contribution in [-0.2, 0) is 9.59 Å². The van der Waals surface area contributed by atoms with Crippen LogP contribution in [0.4, 0.5) is 5.13 Å². The fourth-order valence-electron chi connectivity index (χ4n) is 3.21. The number of hydrogen-bond acceptors (Lipinski definition) is 7. The van der Waals surface area contributed by atoms with Crippen molar-refractivity contribution in [1.82, 2.24) is 4.98 Å². The summed E-state index contributed by atoms with van der Waals surface area (Å²) >= 11 is 2.78.